The van der Waals surface area contributed by atoms with Gasteiger partial charge in [-0.2, -0.15) is 0 Å². The Bertz CT molecular complexity index is 241. The molecule has 0 fully saturated rings. The molecule has 13 heavy (non-hydrogen) atoms. The van der Waals surface area contributed by atoms with E-state index in [0.717, 1.165) is 6.42 Å². The van der Waals surface area contributed by atoms with Crippen LogP contribution in [-0.2, 0) is 6.42 Å². The minimum absolute atomic E-state index is 0.398. The van der Waals surface area contributed by atoms with Gasteiger partial charge in [-0.1, -0.05) is 12.1 Å². The fraction of sp³-hybridized carbons (Fsp3) is 0.455. The molecule has 0 aliphatic heterocycles. The number of hydrogen-bond acceptors (Lipinski definition) is 2. The summed E-state index contributed by atoms with van der Waals surface area (Å²) in [6.45, 7) is 8.08. The van der Waals surface area contributed by atoms with Crippen molar-refractivity contribution >= 4 is 11.3 Å². The van der Waals surface area contributed by atoms with Crippen molar-refractivity contribution in [1.82, 2.24) is 5.32 Å². The van der Waals surface area contributed by atoms with E-state index in [1.165, 1.54) is 4.88 Å². The van der Waals surface area contributed by atoms with Crippen LogP contribution in [0.5, 0.6) is 0 Å². The summed E-state index contributed by atoms with van der Waals surface area (Å²) in [4.78, 5) is 1.44. The second-order valence-electron chi connectivity index (χ2n) is 3.38. The zero-order valence-corrected chi connectivity index (χ0v) is 9.10. The quantitative estimate of drug-likeness (QED) is 0.712. The van der Waals surface area contributed by atoms with E-state index in [9.17, 15) is 0 Å². The molecule has 1 aromatic heterocycles. The van der Waals surface area contributed by atoms with E-state index < -0.39 is 0 Å². The lowest BCUT2D eigenvalue weighted by Gasteiger charge is -2.16. The van der Waals surface area contributed by atoms with Crippen LogP contribution in [0.2, 0.25) is 0 Å². The van der Waals surface area contributed by atoms with Crippen LogP contribution in [-0.4, -0.2) is 12.1 Å². The molecule has 0 spiro atoms. The van der Waals surface area contributed by atoms with Crippen molar-refractivity contribution in [2.75, 3.05) is 0 Å². The van der Waals surface area contributed by atoms with E-state index in [4.69, 9.17) is 0 Å². The van der Waals surface area contributed by atoms with Gasteiger partial charge in [-0.15, -0.1) is 17.9 Å². The molecular weight excluding hydrogens is 178 g/mol. The van der Waals surface area contributed by atoms with E-state index in [2.05, 4.69) is 43.3 Å². The first-order valence-corrected chi connectivity index (χ1v) is 5.51. The lowest BCUT2D eigenvalue weighted by Crippen LogP contribution is -2.34. The van der Waals surface area contributed by atoms with Gasteiger partial charge in [-0.25, -0.2) is 0 Å². The first-order chi connectivity index (χ1) is 6.22. The molecule has 0 radical (unpaired) electrons. The predicted octanol–water partition coefficient (Wildman–Crippen LogP) is 2.84. The van der Waals surface area contributed by atoms with Gasteiger partial charge in [0.05, 0.1) is 0 Å². The Kier molecular flexibility index (Phi) is 4.19. The zero-order valence-electron chi connectivity index (χ0n) is 8.29. The third kappa shape index (κ3) is 3.75. The Morgan fingerprint density at radius 1 is 1.62 bits per heavy atom. The van der Waals surface area contributed by atoms with Crippen molar-refractivity contribution in [3.05, 3.63) is 35.0 Å². The highest BCUT2D eigenvalue weighted by Crippen LogP contribution is 2.11. The van der Waals surface area contributed by atoms with Crippen LogP contribution in [0.25, 0.3) is 0 Å². The number of thiophene rings is 1. The summed E-state index contributed by atoms with van der Waals surface area (Å²) >= 11 is 1.82. The number of hydrogen-bond donors (Lipinski definition) is 1. The molecule has 0 aliphatic carbocycles. The Labute approximate surface area is 84.5 Å². The van der Waals surface area contributed by atoms with Crippen LogP contribution < -0.4 is 5.32 Å². The predicted molar refractivity (Wildman–Crippen MR) is 60.3 cm³/mol. The Morgan fingerprint density at radius 2 is 2.38 bits per heavy atom. The molecule has 0 saturated heterocycles. The molecule has 0 aromatic carbocycles. The SMILES string of the molecule is C=CC(C)NC(C)Cc1cccs1. The maximum atomic E-state index is 3.75. The van der Waals surface area contributed by atoms with Gasteiger partial charge < -0.3 is 5.32 Å². The molecule has 1 N–H and O–H groups in total. The molecule has 2 unspecified atom stereocenters. The third-order valence-electron chi connectivity index (χ3n) is 1.99. The van der Waals surface area contributed by atoms with Crippen molar-refractivity contribution in [1.29, 1.82) is 0 Å². The maximum absolute atomic E-state index is 3.75. The van der Waals surface area contributed by atoms with E-state index in [-0.39, 0.29) is 0 Å². The summed E-state index contributed by atoms with van der Waals surface area (Å²) in [6, 6.07) is 5.20. The Hall–Kier alpha value is -0.600. The van der Waals surface area contributed by atoms with Crippen LogP contribution in [0, 0.1) is 0 Å². The first-order valence-electron chi connectivity index (χ1n) is 4.63. The largest absolute Gasteiger partial charge is 0.308 e. The number of rotatable bonds is 5. The van der Waals surface area contributed by atoms with E-state index in [0.29, 0.717) is 12.1 Å². The molecule has 1 heterocycles. The highest BCUT2D eigenvalue weighted by Gasteiger charge is 2.05. The zero-order chi connectivity index (χ0) is 9.68. The average molecular weight is 195 g/mol. The molecule has 0 saturated carbocycles. The third-order valence-corrected chi connectivity index (χ3v) is 2.89. The van der Waals surface area contributed by atoms with Crippen molar-refractivity contribution < 1.29 is 0 Å². The summed E-state index contributed by atoms with van der Waals surface area (Å²) in [5.41, 5.74) is 0. The average Bonchev–Trinajstić information content (AvgIpc) is 2.56. The minimum atomic E-state index is 0.398. The summed E-state index contributed by atoms with van der Waals surface area (Å²) in [5, 5.41) is 5.58. The van der Waals surface area contributed by atoms with E-state index in [1.54, 1.807) is 0 Å². The molecule has 0 bridgehead atoms. The standard InChI is InChI=1S/C11H17NS/c1-4-9(2)12-10(3)8-11-6-5-7-13-11/h4-7,9-10,12H,1,8H2,2-3H3. The Balaban J connectivity index is 2.33. The van der Waals surface area contributed by atoms with E-state index in [1.807, 2.05) is 17.4 Å². The van der Waals surface area contributed by atoms with Crippen LogP contribution >= 0.6 is 11.3 Å². The van der Waals surface area contributed by atoms with Crippen molar-refractivity contribution in [3.63, 3.8) is 0 Å². The van der Waals surface area contributed by atoms with Crippen LogP contribution in [0.4, 0.5) is 0 Å². The number of nitrogens with one attached hydrogen (secondary N) is 1. The summed E-state index contributed by atoms with van der Waals surface area (Å²) in [7, 11) is 0. The smallest absolute Gasteiger partial charge is 0.0221 e. The van der Waals surface area contributed by atoms with Crippen molar-refractivity contribution in [2.45, 2.75) is 32.4 Å². The molecule has 0 amide bonds. The van der Waals surface area contributed by atoms with Crippen LogP contribution in [0.3, 0.4) is 0 Å². The molecule has 1 nitrogen and oxygen atoms in total. The maximum Gasteiger partial charge on any atom is 0.0221 e. The molecule has 2 heteroatoms. The van der Waals surface area contributed by atoms with Gasteiger partial charge in [-0.05, 0) is 31.7 Å². The molecular formula is C11H17NS. The second-order valence-corrected chi connectivity index (χ2v) is 4.41. The van der Waals surface area contributed by atoms with Gasteiger partial charge in [0, 0.05) is 17.0 Å². The summed E-state index contributed by atoms with van der Waals surface area (Å²) < 4.78 is 0. The van der Waals surface area contributed by atoms with E-state index >= 15 is 0 Å². The lowest BCUT2D eigenvalue weighted by molar-refractivity contribution is 0.517. The lowest BCUT2D eigenvalue weighted by atomic mass is 10.2. The monoisotopic (exact) mass is 195 g/mol. The normalized spacial score (nSPS) is 15.2. The van der Waals surface area contributed by atoms with Gasteiger partial charge in [0.2, 0.25) is 0 Å². The highest BCUT2D eigenvalue weighted by molar-refractivity contribution is 7.09. The summed E-state index contributed by atoms with van der Waals surface area (Å²) in [6.07, 6.45) is 3.04. The molecule has 2 atom stereocenters. The van der Waals surface area contributed by atoms with Gasteiger partial charge in [0.25, 0.3) is 0 Å². The minimum Gasteiger partial charge on any atom is -0.308 e. The van der Waals surface area contributed by atoms with Gasteiger partial charge in [-0.3, -0.25) is 0 Å². The molecule has 1 aromatic rings. The van der Waals surface area contributed by atoms with Gasteiger partial charge >= 0.3 is 0 Å². The first kappa shape index (κ1) is 10.5. The summed E-state index contributed by atoms with van der Waals surface area (Å²) in [5.74, 6) is 0. The fourth-order valence-corrected chi connectivity index (χ4v) is 2.14. The van der Waals surface area contributed by atoms with Crippen molar-refractivity contribution in [3.8, 4) is 0 Å². The molecule has 72 valence electrons. The van der Waals surface area contributed by atoms with Gasteiger partial charge in [0.1, 0.15) is 0 Å². The van der Waals surface area contributed by atoms with Crippen LogP contribution in [0.1, 0.15) is 18.7 Å². The highest BCUT2D eigenvalue weighted by atomic mass is 32.1. The topological polar surface area (TPSA) is 12.0 Å². The second kappa shape index (κ2) is 5.20. The van der Waals surface area contributed by atoms with Crippen LogP contribution in [0.15, 0.2) is 30.2 Å². The molecule has 1 rings (SSSR count). The Morgan fingerprint density at radius 3 is 2.92 bits per heavy atom. The molecule has 0 aliphatic rings. The fourth-order valence-electron chi connectivity index (χ4n) is 1.31. The van der Waals surface area contributed by atoms with Crippen molar-refractivity contribution in [2.24, 2.45) is 0 Å². The van der Waals surface area contributed by atoms with Gasteiger partial charge in [0.15, 0.2) is 0 Å².